The van der Waals surface area contributed by atoms with Crippen molar-refractivity contribution < 1.29 is 4.79 Å². The highest BCUT2D eigenvalue weighted by atomic mass is 16.1. The average molecular weight is 261 g/mol. The number of nitrogens with zero attached hydrogens (tertiary/aromatic N) is 1. The molecule has 0 bridgehead atoms. The number of amides is 1. The molecule has 1 amide bonds. The van der Waals surface area contributed by atoms with E-state index in [-0.39, 0.29) is 5.91 Å². The Morgan fingerprint density at radius 2 is 2.26 bits per heavy atom. The lowest BCUT2D eigenvalue weighted by Gasteiger charge is -2.24. The summed E-state index contributed by atoms with van der Waals surface area (Å²) in [6, 6.07) is 7.85. The van der Waals surface area contributed by atoms with Crippen LogP contribution in [0.3, 0.4) is 0 Å². The third kappa shape index (κ3) is 4.24. The van der Waals surface area contributed by atoms with E-state index in [0.29, 0.717) is 18.2 Å². The fraction of sp³-hybridized carbons (Fsp3) is 0.533. The molecule has 1 saturated carbocycles. The topological polar surface area (TPSA) is 58.4 Å². The lowest BCUT2D eigenvalue weighted by atomic mass is 10.2. The van der Waals surface area contributed by atoms with Gasteiger partial charge in [-0.25, -0.2) is 0 Å². The molecule has 19 heavy (non-hydrogen) atoms. The fourth-order valence-corrected chi connectivity index (χ4v) is 2.26. The zero-order valence-corrected chi connectivity index (χ0v) is 11.7. The summed E-state index contributed by atoms with van der Waals surface area (Å²) in [6.07, 6.45) is 3.18. The maximum atomic E-state index is 11.9. The molecule has 1 aromatic rings. The van der Waals surface area contributed by atoms with Crippen LogP contribution in [0.15, 0.2) is 24.3 Å². The van der Waals surface area contributed by atoms with E-state index in [4.69, 9.17) is 5.73 Å². The van der Waals surface area contributed by atoms with E-state index in [1.807, 2.05) is 12.1 Å². The largest absolute Gasteiger partial charge is 0.399 e. The second-order valence-corrected chi connectivity index (χ2v) is 5.48. The third-order valence-electron chi connectivity index (χ3n) is 3.86. The first kappa shape index (κ1) is 13.9. The summed E-state index contributed by atoms with van der Waals surface area (Å²) < 4.78 is 0. The fourth-order valence-electron chi connectivity index (χ4n) is 2.26. The van der Waals surface area contributed by atoms with Crippen LogP contribution in [0, 0.1) is 5.92 Å². The molecule has 1 aliphatic carbocycles. The number of rotatable bonds is 6. The number of nitrogens with two attached hydrogens (primary N) is 1. The van der Waals surface area contributed by atoms with E-state index in [1.54, 1.807) is 12.1 Å². The third-order valence-corrected chi connectivity index (χ3v) is 3.86. The molecule has 4 heteroatoms. The molecule has 0 spiro atoms. The zero-order valence-electron chi connectivity index (χ0n) is 11.7. The normalized spacial score (nSPS) is 16.4. The molecule has 0 aliphatic heterocycles. The number of hydrogen-bond donors (Lipinski definition) is 2. The van der Waals surface area contributed by atoms with Gasteiger partial charge in [-0.15, -0.1) is 0 Å². The van der Waals surface area contributed by atoms with Crippen molar-refractivity contribution in [1.82, 2.24) is 4.90 Å². The van der Waals surface area contributed by atoms with Gasteiger partial charge in [-0.3, -0.25) is 4.79 Å². The smallest absolute Gasteiger partial charge is 0.225 e. The van der Waals surface area contributed by atoms with Gasteiger partial charge in [-0.2, -0.15) is 0 Å². The second kappa shape index (κ2) is 6.06. The summed E-state index contributed by atoms with van der Waals surface area (Å²) in [4.78, 5) is 14.1. The maximum Gasteiger partial charge on any atom is 0.225 e. The number of benzene rings is 1. The number of nitrogens with one attached hydrogen (secondary N) is 1. The van der Waals surface area contributed by atoms with Crippen molar-refractivity contribution >= 4 is 17.3 Å². The van der Waals surface area contributed by atoms with Crippen molar-refractivity contribution in [3.8, 4) is 0 Å². The van der Waals surface area contributed by atoms with Crippen molar-refractivity contribution in [2.75, 3.05) is 24.6 Å². The van der Waals surface area contributed by atoms with E-state index in [9.17, 15) is 4.79 Å². The summed E-state index contributed by atoms with van der Waals surface area (Å²) >= 11 is 0. The van der Waals surface area contributed by atoms with Crippen molar-refractivity contribution in [2.45, 2.75) is 32.2 Å². The summed E-state index contributed by atoms with van der Waals surface area (Å²) in [5, 5.41) is 2.88. The van der Waals surface area contributed by atoms with E-state index >= 15 is 0 Å². The van der Waals surface area contributed by atoms with E-state index in [1.165, 1.54) is 12.8 Å². The van der Waals surface area contributed by atoms with E-state index < -0.39 is 0 Å². The molecule has 1 atom stereocenters. The zero-order chi connectivity index (χ0) is 13.8. The first-order valence-corrected chi connectivity index (χ1v) is 6.92. The standard InChI is InChI=1S/C15H23N3O/c1-11(12-6-7-12)18(2)9-8-15(19)17-14-5-3-4-13(16)10-14/h3-5,10-12H,6-9,16H2,1-2H3,(H,17,19). The predicted octanol–water partition coefficient (Wildman–Crippen LogP) is 2.33. The molecular weight excluding hydrogens is 238 g/mol. The lowest BCUT2D eigenvalue weighted by molar-refractivity contribution is -0.116. The van der Waals surface area contributed by atoms with Crippen molar-refractivity contribution in [2.24, 2.45) is 5.92 Å². The Balaban J connectivity index is 1.75. The Labute approximate surface area is 115 Å². The molecular formula is C15H23N3O. The van der Waals surface area contributed by atoms with Gasteiger partial charge in [0.25, 0.3) is 0 Å². The second-order valence-electron chi connectivity index (χ2n) is 5.48. The van der Waals surface area contributed by atoms with E-state index in [2.05, 4.69) is 24.2 Å². The van der Waals surface area contributed by atoms with Crippen LogP contribution in [-0.2, 0) is 4.79 Å². The van der Waals surface area contributed by atoms with Crippen molar-refractivity contribution in [3.63, 3.8) is 0 Å². The highest BCUT2D eigenvalue weighted by Gasteiger charge is 2.30. The Kier molecular flexibility index (Phi) is 4.43. The van der Waals surface area contributed by atoms with Gasteiger partial charge >= 0.3 is 0 Å². The van der Waals surface area contributed by atoms with Gasteiger partial charge < -0.3 is 16.0 Å². The van der Waals surface area contributed by atoms with Gasteiger partial charge in [0, 0.05) is 30.4 Å². The maximum absolute atomic E-state index is 11.9. The summed E-state index contributed by atoms with van der Waals surface area (Å²) in [7, 11) is 2.09. The number of hydrogen-bond acceptors (Lipinski definition) is 3. The molecule has 104 valence electrons. The van der Waals surface area contributed by atoms with Crippen LogP contribution in [0.2, 0.25) is 0 Å². The summed E-state index contributed by atoms with van der Waals surface area (Å²) in [5.74, 6) is 0.877. The first-order chi connectivity index (χ1) is 9.06. The van der Waals surface area contributed by atoms with Gasteiger partial charge in [0.1, 0.15) is 0 Å². The Morgan fingerprint density at radius 1 is 1.53 bits per heavy atom. The molecule has 1 unspecified atom stereocenters. The van der Waals surface area contributed by atoms with Crippen LogP contribution in [0.5, 0.6) is 0 Å². The molecule has 0 aromatic heterocycles. The predicted molar refractivity (Wildman–Crippen MR) is 78.9 cm³/mol. The van der Waals surface area contributed by atoms with Crippen LogP contribution in [0.25, 0.3) is 0 Å². The van der Waals surface area contributed by atoms with Crippen LogP contribution in [0.1, 0.15) is 26.2 Å². The van der Waals surface area contributed by atoms with Gasteiger partial charge in [-0.05, 0) is 50.9 Å². The Hall–Kier alpha value is -1.55. The molecule has 2 rings (SSSR count). The quantitative estimate of drug-likeness (QED) is 0.773. The molecule has 1 aromatic carbocycles. The molecule has 1 aliphatic rings. The minimum absolute atomic E-state index is 0.0421. The molecule has 4 nitrogen and oxygen atoms in total. The number of carbonyl (C=O) groups is 1. The number of anilines is 2. The summed E-state index contributed by atoms with van der Waals surface area (Å²) in [5.41, 5.74) is 7.11. The molecule has 0 saturated heterocycles. The van der Waals surface area contributed by atoms with Crippen LogP contribution in [0.4, 0.5) is 11.4 Å². The molecule has 0 heterocycles. The van der Waals surface area contributed by atoms with Gasteiger partial charge in [-0.1, -0.05) is 6.07 Å². The monoisotopic (exact) mass is 261 g/mol. The van der Waals surface area contributed by atoms with Crippen molar-refractivity contribution in [1.29, 1.82) is 0 Å². The van der Waals surface area contributed by atoms with Gasteiger partial charge in [0.05, 0.1) is 0 Å². The number of nitrogen functional groups attached to an aromatic ring is 1. The van der Waals surface area contributed by atoms with Gasteiger partial charge in [0.15, 0.2) is 0 Å². The minimum Gasteiger partial charge on any atom is -0.399 e. The molecule has 3 N–H and O–H groups in total. The highest BCUT2D eigenvalue weighted by molar-refractivity contribution is 5.91. The lowest BCUT2D eigenvalue weighted by Crippen LogP contribution is -2.33. The van der Waals surface area contributed by atoms with Crippen molar-refractivity contribution in [3.05, 3.63) is 24.3 Å². The molecule has 0 radical (unpaired) electrons. The Morgan fingerprint density at radius 3 is 2.89 bits per heavy atom. The summed E-state index contributed by atoms with van der Waals surface area (Å²) in [6.45, 7) is 3.04. The molecule has 1 fully saturated rings. The van der Waals surface area contributed by atoms with Crippen LogP contribution >= 0.6 is 0 Å². The Bertz CT molecular complexity index is 443. The van der Waals surface area contributed by atoms with E-state index in [0.717, 1.165) is 18.2 Å². The number of carbonyl (C=O) groups excluding carboxylic acids is 1. The SMILES string of the molecule is CC(C1CC1)N(C)CCC(=O)Nc1cccc(N)c1. The minimum atomic E-state index is 0.0421. The highest BCUT2D eigenvalue weighted by Crippen LogP contribution is 2.34. The average Bonchev–Trinajstić information content (AvgIpc) is 3.19. The van der Waals surface area contributed by atoms with Crippen LogP contribution in [-0.4, -0.2) is 30.4 Å². The van der Waals surface area contributed by atoms with Gasteiger partial charge in [0.2, 0.25) is 5.91 Å². The van der Waals surface area contributed by atoms with Crippen LogP contribution < -0.4 is 11.1 Å². The first-order valence-electron chi connectivity index (χ1n) is 6.92.